The van der Waals surface area contributed by atoms with E-state index in [1.54, 1.807) is 29.4 Å². The van der Waals surface area contributed by atoms with Gasteiger partial charge in [-0.1, -0.05) is 18.2 Å². The normalized spacial score (nSPS) is 21.4. The highest BCUT2D eigenvalue weighted by Gasteiger charge is 2.27. The van der Waals surface area contributed by atoms with E-state index in [-0.39, 0.29) is 18.2 Å². The van der Waals surface area contributed by atoms with Crippen LogP contribution in [0.1, 0.15) is 36.4 Å². The first-order chi connectivity index (χ1) is 15.5. The molecule has 3 unspecified atom stereocenters. The Morgan fingerprint density at radius 1 is 1.22 bits per heavy atom. The maximum absolute atomic E-state index is 13.5. The number of ether oxygens (including phenoxy) is 1. The number of hydrogen-bond donors (Lipinski definition) is 1. The summed E-state index contributed by atoms with van der Waals surface area (Å²) in [5, 5.41) is 13.6. The molecule has 3 atom stereocenters. The van der Waals surface area contributed by atoms with Crippen molar-refractivity contribution in [1.29, 1.82) is 0 Å². The van der Waals surface area contributed by atoms with Crippen molar-refractivity contribution in [2.75, 3.05) is 19.5 Å². The van der Waals surface area contributed by atoms with Crippen molar-refractivity contribution in [3.8, 4) is 0 Å². The van der Waals surface area contributed by atoms with Gasteiger partial charge in [-0.15, -0.1) is 0 Å². The fourth-order valence-electron chi connectivity index (χ4n) is 4.61. The second-order valence-electron chi connectivity index (χ2n) is 8.34. The Bertz CT molecular complexity index is 1380. The molecule has 3 heterocycles. The molecule has 0 spiro atoms. The molecule has 0 radical (unpaired) electrons. The molecule has 32 heavy (non-hydrogen) atoms. The summed E-state index contributed by atoms with van der Waals surface area (Å²) in [6.45, 7) is 0.731. The molecule has 8 heteroatoms. The fourth-order valence-corrected chi connectivity index (χ4v) is 5.07. The molecule has 0 amide bonds. The second kappa shape index (κ2) is 8.69. The van der Waals surface area contributed by atoms with Crippen molar-refractivity contribution in [3.63, 3.8) is 0 Å². The van der Waals surface area contributed by atoms with Crippen LogP contribution in [0.25, 0.3) is 23.1 Å². The summed E-state index contributed by atoms with van der Waals surface area (Å²) >= 11 is 0. The average Bonchev–Trinajstić information content (AvgIpc) is 2.81. The Morgan fingerprint density at radius 3 is 2.75 bits per heavy atom. The minimum Gasteiger partial charge on any atom is -0.389 e. The van der Waals surface area contributed by atoms with E-state index in [2.05, 4.69) is 22.1 Å². The van der Waals surface area contributed by atoms with Crippen molar-refractivity contribution in [3.05, 3.63) is 62.6 Å². The standard InChI is InChI=1S/C24H25N3O4S/c1-32(30)22-7-6-15(12-25-22)10-16-11-19-23(18-5-3-2-4-17(16)18)26-14-27(24(19)29)20-8-9-31-13-21(20)28/h4-7,11-12,14,20-21,28H,2-3,8-10,13H2,1H3. The van der Waals surface area contributed by atoms with Gasteiger partial charge in [-0.05, 0) is 54.2 Å². The summed E-state index contributed by atoms with van der Waals surface area (Å²) in [6.07, 6.45) is 11.6. The van der Waals surface area contributed by atoms with Crippen molar-refractivity contribution < 1.29 is 14.1 Å². The van der Waals surface area contributed by atoms with Gasteiger partial charge in [0.2, 0.25) is 0 Å². The molecule has 7 nitrogen and oxygen atoms in total. The van der Waals surface area contributed by atoms with Crippen LogP contribution in [0.4, 0.5) is 0 Å². The maximum atomic E-state index is 13.5. The molecular weight excluding hydrogens is 426 g/mol. The number of nitrogens with zero attached hydrogens (tertiary/aromatic N) is 3. The van der Waals surface area contributed by atoms with E-state index in [0.717, 1.165) is 34.4 Å². The lowest BCUT2D eigenvalue weighted by Crippen LogP contribution is -2.40. The van der Waals surface area contributed by atoms with E-state index >= 15 is 0 Å². The first-order valence-electron chi connectivity index (χ1n) is 10.8. The van der Waals surface area contributed by atoms with Gasteiger partial charge >= 0.3 is 0 Å². The van der Waals surface area contributed by atoms with Crippen LogP contribution in [0, 0.1) is 0 Å². The van der Waals surface area contributed by atoms with Gasteiger partial charge in [0.15, 0.2) is 0 Å². The van der Waals surface area contributed by atoms with Crippen LogP contribution in [-0.2, 0) is 22.0 Å². The van der Waals surface area contributed by atoms with Gasteiger partial charge < -0.3 is 9.84 Å². The van der Waals surface area contributed by atoms with Crippen LogP contribution in [0.3, 0.4) is 0 Å². The Balaban J connectivity index is 1.65. The van der Waals surface area contributed by atoms with Crippen LogP contribution in [0.2, 0.25) is 0 Å². The van der Waals surface area contributed by atoms with E-state index in [1.165, 1.54) is 0 Å². The van der Waals surface area contributed by atoms with Crippen LogP contribution < -0.4 is 16.0 Å². The Kier molecular flexibility index (Phi) is 5.75. The van der Waals surface area contributed by atoms with E-state index in [0.29, 0.717) is 35.4 Å². The predicted octanol–water partition coefficient (Wildman–Crippen LogP) is 0.797. The molecular formula is C24H25N3O4S. The lowest BCUT2D eigenvalue weighted by atomic mass is 9.96. The highest BCUT2D eigenvalue weighted by molar-refractivity contribution is 7.84. The van der Waals surface area contributed by atoms with Crippen molar-refractivity contribution in [2.24, 2.45) is 0 Å². The SMILES string of the molecule is CS(=O)c1ccc(Cc2cc3c(=O)n(C4CCOCC4O)cnc3c3c2=CCCC=3)cn1. The summed E-state index contributed by atoms with van der Waals surface area (Å²) in [7, 11) is -1.12. The van der Waals surface area contributed by atoms with Crippen LogP contribution in [-0.4, -0.2) is 49.4 Å². The van der Waals surface area contributed by atoms with Gasteiger partial charge in [0, 0.05) is 24.3 Å². The average molecular weight is 452 g/mol. The second-order valence-corrected chi connectivity index (χ2v) is 9.66. The van der Waals surface area contributed by atoms with Crippen LogP contribution >= 0.6 is 0 Å². The number of benzene rings is 1. The third-order valence-electron chi connectivity index (χ3n) is 6.24. The summed E-state index contributed by atoms with van der Waals surface area (Å²) in [5.74, 6) is 0. The van der Waals surface area contributed by atoms with Gasteiger partial charge in [0.1, 0.15) is 5.03 Å². The first kappa shape index (κ1) is 21.2. The zero-order valence-corrected chi connectivity index (χ0v) is 18.7. The number of aliphatic hydroxyl groups excluding tert-OH is 1. The van der Waals surface area contributed by atoms with Gasteiger partial charge in [-0.25, -0.2) is 9.97 Å². The van der Waals surface area contributed by atoms with Gasteiger partial charge in [-0.2, -0.15) is 0 Å². The van der Waals surface area contributed by atoms with Crippen molar-refractivity contribution in [1.82, 2.24) is 14.5 Å². The predicted molar refractivity (Wildman–Crippen MR) is 123 cm³/mol. The number of aromatic nitrogens is 3. The molecule has 1 saturated heterocycles. The number of hydrogen-bond acceptors (Lipinski definition) is 6. The van der Waals surface area contributed by atoms with E-state index in [1.807, 2.05) is 12.1 Å². The zero-order chi connectivity index (χ0) is 22.2. The molecule has 0 bridgehead atoms. The number of fused-ring (bicyclic) bond motifs is 3. The summed E-state index contributed by atoms with van der Waals surface area (Å²) in [4.78, 5) is 22.5. The molecule has 166 valence electrons. The number of aliphatic hydroxyl groups is 1. The van der Waals surface area contributed by atoms with E-state index in [9.17, 15) is 14.1 Å². The molecule has 1 N–H and O–H groups in total. The minimum atomic E-state index is -1.12. The molecule has 1 aliphatic heterocycles. The molecule has 1 fully saturated rings. The number of pyridine rings is 1. The Hall–Kier alpha value is -2.68. The Morgan fingerprint density at radius 2 is 2.03 bits per heavy atom. The monoisotopic (exact) mass is 451 g/mol. The molecule has 1 aliphatic carbocycles. The maximum Gasteiger partial charge on any atom is 0.261 e. The van der Waals surface area contributed by atoms with Gasteiger partial charge in [0.05, 0.1) is 46.8 Å². The van der Waals surface area contributed by atoms with E-state index < -0.39 is 16.9 Å². The third-order valence-corrected chi connectivity index (χ3v) is 7.07. The summed E-state index contributed by atoms with van der Waals surface area (Å²) in [6, 6.07) is 5.32. The first-order valence-corrected chi connectivity index (χ1v) is 12.4. The quantitative estimate of drug-likeness (QED) is 0.631. The summed E-state index contributed by atoms with van der Waals surface area (Å²) in [5.41, 5.74) is 2.60. The molecule has 2 aliphatic rings. The number of rotatable bonds is 4. The molecule has 3 aromatic rings. The topological polar surface area (TPSA) is 94.3 Å². The minimum absolute atomic E-state index is 0.140. The van der Waals surface area contributed by atoms with Gasteiger partial charge in [0.25, 0.3) is 5.56 Å². The summed E-state index contributed by atoms with van der Waals surface area (Å²) < 4.78 is 18.5. The van der Waals surface area contributed by atoms with Crippen molar-refractivity contribution in [2.45, 2.75) is 42.9 Å². The highest BCUT2D eigenvalue weighted by Crippen LogP contribution is 2.20. The van der Waals surface area contributed by atoms with Crippen LogP contribution in [0.5, 0.6) is 0 Å². The highest BCUT2D eigenvalue weighted by atomic mass is 32.2. The molecule has 1 aromatic carbocycles. The smallest absolute Gasteiger partial charge is 0.261 e. The van der Waals surface area contributed by atoms with Crippen LogP contribution in [0.15, 0.2) is 40.5 Å². The third kappa shape index (κ3) is 3.83. The fraction of sp³-hybridized carbons (Fsp3) is 0.375. The van der Waals surface area contributed by atoms with Gasteiger partial charge in [-0.3, -0.25) is 13.6 Å². The Labute approximate surface area is 187 Å². The lowest BCUT2D eigenvalue weighted by molar-refractivity contribution is -0.0395. The molecule has 2 aromatic heterocycles. The molecule has 5 rings (SSSR count). The largest absolute Gasteiger partial charge is 0.389 e. The van der Waals surface area contributed by atoms with E-state index in [4.69, 9.17) is 4.74 Å². The zero-order valence-electron chi connectivity index (χ0n) is 17.9. The lowest BCUT2D eigenvalue weighted by Gasteiger charge is -2.29. The van der Waals surface area contributed by atoms with Crippen molar-refractivity contribution >= 4 is 33.9 Å². The molecule has 0 saturated carbocycles.